The topological polar surface area (TPSA) is 91.6 Å². The molecule has 1 heterocycles. The Bertz CT molecular complexity index is 978. The Morgan fingerprint density at radius 3 is 2.32 bits per heavy atom. The number of benzene rings is 1. The van der Waals surface area contributed by atoms with Crippen molar-refractivity contribution in [1.82, 2.24) is 24.7 Å². The van der Waals surface area contributed by atoms with Crippen molar-refractivity contribution in [3.63, 3.8) is 0 Å². The number of hydrogen-bond donors (Lipinski definition) is 2. The highest BCUT2D eigenvalue weighted by Gasteiger charge is 2.15. The zero-order chi connectivity index (χ0) is 23.2. The van der Waals surface area contributed by atoms with Crippen LogP contribution in [0, 0.1) is 0 Å². The van der Waals surface area contributed by atoms with Gasteiger partial charge in [-0.1, -0.05) is 38.1 Å². The van der Waals surface area contributed by atoms with Gasteiger partial charge in [0.25, 0.3) is 0 Å². The van der Waals surface area contributed by atoms with Crippen molar-refractivity contribution in [3.8, 4) is 0 Å². The van der Waals surface area contributed by atoms with Crippen LogP contribution in [-0.2, 0) is 35.9 Å². The van der Waals surface area contributed by atoms with E-state index in [0.717, 1.165) is 22.8 Å². The molecule has 0 radical (unpaired) electrons. The maximum absolute atomic E-state index is 12.1. The fourth-order valence-electron chi connectivity index (χ4n) is 3.43. The van der Waals surface area contributed by atoms with Gasteiger partial charge in [-0.25, -0.2) is 13.1 Å². The van der Waals surface area contributed by atoms with Gasteiger partial charge >= 0.3 is 0 Å². The normalized spacial score (nSPS) is 12.6. The van der Waals surface area contributed by atoms with Gasteiger partial charge in [-0.3, -0.25) is 9.67 Å². The number of aliphatic imine (C=N–C) groups is 1. The van der Waals surface area contributed by atoms with Crippen molar-refractivity contribution >= 4 is 16.0 Å². The van der Waals surface area contributed by atoms with Crippen LogP contribution in [-0.4, -0.2) is 49.2 Å². The highest BCUT2D eigenvalue weighted by Crippen LogP contribution is 2.18. The van der Waals surface area contributed by atoms with E-state index in [1.54, 1.807) is 7.05 Å². The van der Waals surface area contributed by atoms with Crippen LogP contribution in [0.4, 0.5) is 0 Å². The Morgan fingerprint density at radius 1 is 1.16 bits per heavy atom. The van der Waals surface area contributed by atoms with E-state index < -0.39 is 10.0 Å². The molecule has 31 heavy (non-hydrogen) atoms. The first-order valence-electron chi connectivity index (χ1n) is 10.5. The lowest BCUT2D eigenvalue weighted by Gasteiger charge is -2.22. The number of guanidine groups is 1. The molecular formula is C22H36N6O2S. The zero-order valence-corrected chi connectivity index (χ0v) is 20.5. The number of nitrogens with one attached hydrogen (secondary N) is 2. The van der Waals surface area contributed by atoms with Gasteiger partial charge in [0, 0.05) is 52.0 Å². The molecule has 0 saturated heterocycles. The first-order chi connectivity index (χ1) is 14.5. The standard InChI is InChI=1S/C22H36N6O2S/c1-16(2)21-20(14-28(7)25-21)13-27(6)22(23-5)24-12-18-8-10-19(11-9-18)15-31(29,30)26-17(3)4/h8-11,14,16-17,26H,12-13,15H2,1-7H3,(H,23,24). The number of aromatic nitrogens is 2. The Kier molecular flexibility index (Phi) is 8.64. The predicted molar refractivity (Wildman–Crippen MR) is 126 cm³/mol. The summed E-state index contributed by atoms with van der Waals surface area (Å²) < 4.78 is 28.6. The molecule has 0 saturated carbocycles. The minimum atomic E-state index is -3.32. The summed E-state index contributed by atoms with van der Waals surface area (Å²) in [5.41, 5.74) is 4.10. The summed E-state index contributed by atoms with van der Waals surface area (Å²) in [7, 11) is 2.38. The molecule has 0 aliphatic carbocycles. The Balaban J connectivity index is 1.96. The molecule has 9 heteroatoms. The van der Waals surface area contributed by atoms with E-state index in [0.29, 0.717) is 19.0 Å². The van der Waals surface area contributed by atoms with E-state index in [9.17, 15) is 8.42 Å². The molecule has 0 aliphatic heterocycles. The van der Waals surface area contributed by atoms with Gasteiger partial charge in [-0.05, 0) is 30.9 Å². The number of nitrogens with zero attached hydrogens (tertiary/aromatic N) is 4. The Morgan fingerprint density at radius 2 is 1.77 bits per heavy atom. The maximum Gasteiger partial charge on any atom is 0.216 e. The summed E-state index contributed by atoms with van der Waals surface area (Å²) >= 11 is 0. The zero-order valence-electron chi connectivity index (χ0n) is 19.7. The van der Waals surface area contributed by atoms with Crippen LogP contribution in [0.3, 0.4) is 0 Å². The monoisotopic (exact) mass is 448 g/mol. The molecule has 8 nitrogen and oxygen atoms in total. The molecule has 2 N–H and O–H groups in total. The van der Waals surface area contributed by atoms with Crippen LogP contribution in [0.15, 0.2) is 35.5 Å². The third-order valence-corrected chi connectivity index (χ3v) is 6.25. The fourth-order valence-corrected chi connectivity index (χ4v) is 4.87. The van der Waals surface area contributed by atoms with Crippen LogP contribution in [0.1, 0.15) is 56.0 Å². The largest absolute Gasteiger partial charge is 0.352 e. The van der Waals surface area contributed by atoms with Gasteiger partial charge < -0.3 is 10.2 Å². The number of sulfonamides is 1. The summed E-state index contributed by atoms with van der Waals surface area (Å²) in [6, 6.07) is 7.48. The lowest BCUT2D eigenvalue weighted by molar-refractivity contribution is 0.473. The van der Waals surface area contributed by atoms with Gasteiger partial charge in [0.1, 0.15) is 0 Å². The second kappa shape index (κ2) is 10.8. The van der Waals surface area contributed by atoms with Gasteiger partial charge in [0.05, 0.1) is 11.4 Å². The molecule has 1 aromatic heterocycles. The van der Waals surface area contributed by atoms with Crippen LogP contribution in [0.2, 0.25) is 0 Å². The molecular weight excluding hydrogens is 412 g/mol. The second-order valence-corrected chi connectivity index (χ2v) is 10.2. The van der Waals surface area contributed by atoms with Crippen LogP contribution in [0.25, 0.3) is 0 Å². The van der Waals surface area contributed by atoms with E-state index in [2.05, 4.69) is 45.1 Å². The first kappa shape index (κ1) is 24.9. The second-order valence-electron chi connectivity index (χ2n) is 8.47. The van der Waals surface area contributed by atoms with Crippen LogP contribution < -0.4 is 10.0 Å². The third kappa shape index (κ3) is 7.66. The summed E-state index contributed by atoms with van der Waals surface area (Å²) in [4.78, 5) is 6.46. The van der Waals surface area contributed by atoms with Crippen molar-refractivity contribution in [3.05, 3.63) is 52.8 Å². The van der Waals surface area contributed by atoms with E-state index in [1.807, 2.05) is 56.9 Å². The number of aryl methyl sites for hydroxylation is 1. The molecule has 2 aromatic rings. The predicted octanol–water partition coefficient (Wildman–Crippen LogP) is 2.58. The van der Waals surface area contributed by atoms with Gasteiger partial charge in [0.15, 0.2) is 5.96 Å². The third-order valence-electron chi connectivity index (χ3n) is 4.71. The molecule has 0 atom stereocenters. The minimum absolute atomic E-state index is 0.0212. The molecule has 0 aliphatic rings. The molecule has 2 rings (SSSR count). The van der Waals surface area contributed by atoms with E-state index in [1.165, 1.54) is 5.56 Å². The van der Waals surface area contributed by atoms with Crippen molar-refractivity contribution in [2.24, 2.45) is 12.0 Å². The Labute approximate surface area is 186 Å². The SMILES string of the molecule is CN=C(NCc1ccc(CS(=O)(=O)NC(C)C)cc1)N(C)Cc1cn(C)nc1C(C)C. The van der Waals surface area contributed by atoms with Gasteiger partial charge in [-0.15, -0.1) is 0 Å². The van der Waals surface area contributed by atoms with Crippen molar-refractivity contribution in [2.75, 3.05) is 14.1 Å². The first-order valence-corrected chi connectivity index (χ1v) is 12.2. The molecule has 1 aromatic carbocycles. The lowest BCUT2D eigenvalue weighted by Crippen LogP contribution is -2.38. The molecule has 0 amide bonds. The summed E-state index contributed by atoms with van der Waals surface area (Å²) in [5, 5.41) is 7.95. The highest BCUT2D eigenvalue weighted by atomic mass is 32.2. The van der Waals surface area contributed by atoms with E-state index in [-0.39, 0.29) is 11.8 Å². The van der Waals surface area contributed by atoms with Crippen molar-refractivity contribution in [2.45, 2.75) is 58.5 Å². The quantitative estimate of drug-likeness (QED) is 0.454. The molecule has 172 valence electrons. The molecule has 0 unspecified atom stereocenters. The van der Waals surface area contributed by atoms with Crippen molar-refractivity contribution in [1.29, 1.82) is 0 Å². The van der Waals surface area contributed by atoms with Crippen LogP contribution in [0.5, 0.6) is 0 Å². The minimum Gasteiger partial charge on any atom is -0.352 e. The smallest absolute Gasteiger partial charge is 0.216 e. The van der Waals surface area contributed by atoms with E-state index >= 15 is 0 Å². The number of rotatable bonds is 9. The van der Waals surface area contributed by atoms with E-state index in [4.69, 9.17) is 0 Å². The summed E-state index contributed by atoms with van der Waals surface area (Å²) in [6.45, 7) is 9.22. The molecule has 0 bridgehead atoms. The summed E-state index contributed by atoms with van der Waals surface area (Å²) in [5.74, 6) is 1.12. The molecule has 0 fully saturated rings. The van der Waals surface area contributed by atoms with Gasteiger partial charge in [0.2, 0.25) is 10.0 Å². The van der Waals surface area contributed by atoms with Gasteiger partial charge in [-0.2, -0.15) is 5.10 Å². The molecule has 0 spiro atoms. The van der Waals surface area contributed by atoms with Crippen molar-refractivity contribution < 1.29 is 8.42 Å². The van der Waals surface area contributed by atoms with Crippen LogP contribution >= 0.6 is 0 Å². The summed E-state index contributed by atoms with van der Waals surface area (Å²) in [6.07, 6.45) is 2.06. The average Bonchev–Trinajstić information content (AvgIpc) is 3.02. The highest BCUT2D eigenvalue weighted by molar-refractivity contribution is 7.88. The lowest BCUT2D eigenvalue weighted by atomic mass is 10.1. The maximum atomic E-state index is 12.1. The number of hydrogen-bond acceptors (Lipinski definition) is 4. The average molecular weight is 449 g/mol. The fraction of sp³-hybridized carbons (Fsp3) is 0.545. The Hall–Kier alpha value is -2.39.